The molecular weight excluding hydrogens is 471 g/mol. The molecule has 178 valence electrons. The van der Waals surface area contributed by atoms with E-state index in [1.807, 2.05) is 0 Å². The Kier molecular flexibility index (Phi) is 6.65. The van der Waals surface area contributed by atoms with Gasteiger partial charge in [-0.2, -0.15) is 5.12 Å². The molecular formula is C24H21ClF3N3O3. The van der Waals surface area contributed by atoms with Gasteiger partial charge in [-0.15, -0.1) is 0 Å². The van der Waals surface area contributed by atoms with Gasteiger partial charge in [0.05, 0.1) is 13.1 Å². The summed E-state index contributed by atoms with van der Waals surface area (Å²) in [7, 11) is 0. The van der Waals surface area contributed by atoms with Crippen molar-refractivity contribution in [3.63, 3.8) is 0 Å². The van der Waals surface area contributed by atoms with E-state index in [-0.39, 0.29) is 22.2 Å². The summed E-state index contributed by atoms with van der Waals surface area (Å²) in [5.41, 5.74) is 1.46. The van der Waals surface area contributed by atoms with Crippen molar-refractivity contribution in [3.8, 4) is 0 Å². The number of alkyl halides is 2. The minimum absolute atomic E-state index is 0.208. The third-order valence-electron chi connectivity index (χ3n) is 5.83. The highest BCUT2D eigenvalue weighted by atomic mass is 35.5. The first-order valence-corrected chi connectivity index (χ1v) is 10.9. The summed E-state index contributed by atoms with van der Waals surface area (Å²) in [4.78, 5) is 41.5. The number of hydrogen-bond acceptors (Lipinski definition) is 3. The van der Waals surface area contributed by atoms with Crippen LogP contribution in [0.15, 0.2) is 48.5 Å². The largest absolute Gasteiger partial charge is 0.357 e. The van der Waals surface area contributed by atoms with Gasteiger partial charge in [0.1, 0.15) is 6.04 Å². The van der Waals surface area contributed by atoms with Crippen molar-refractivity contribution in [2.45, 2.75) is 38.3 Å². The van der Waals surface area contributed by atoms with E-state index in [2.05, 4.69) is 4.98 Å². The van der Waals surface area contributed by atoms with Crippen LogP contribution < -0.4 is 0 Å². The monoisotopic (exact) mass is 491 g/mol. The van der Waals surface area contributed by atoms with Gasteiger partial charge in [-0.25, -0.2) is 13.6 Å². The number of nitrogens with one attached hydrogen (secondary N) is 1. The second-order valence-electron chi connectivity index (χ2n) is 8.21. The summed E-state index contributed by atoms with van der Waals surface area (Å²) < 4.78 is 43.7. The van der Waals surface area contributed by atoms with Crippen molar-refractivity contribution in [1.82, 2.24) is 15.0 Å². The first kappa shape index (κ1) is 23.8. The fraction of sp³-hybridized carbons (Fsp3) is 0.292. The van der Waals surface area contributed by atoms with Gasteiger partial charge in [-0.05, 0) is 30.7 Å². The van der Waals surface area contributed by atoms with Crippen molar-refractivity contribution in [2.75, 3.05) is 6.54 Å². The number of H-pyrrole nitrogens is 1. The predicted octanol–water partition coefficient (Wildman–Crippen LogP) is 5.00. The highest BCUT2D eigenvalue weighted by molar-refractivity contribution is 6.30. The Morgan fingerprint density at radius 3 is 2.59 bits per heavy atom. The molecule has 1 saturated heterocycles. The summed E-state index contributed by atoms with van der Waals surface area (Å²) in [5, 5.41) is 0.717. The molecule has 0 radical (unpaired) electrons. The van der Waals surface area contributed by atoms with E-state index in [1.165, 1.54) is 19.1 Å². The van der Waals surface area contributed by atoms with E-state index in [4.69, 9.17) is 11.6 Å². The quantitative estimate of drug-likeness (QED) is 0.389. The van der Waals surface area contributed by atoms with Crippen molar-refractivity contribution in [2.24, 2.45) is 0 Å². The number of carbonyl (C=O) groups excluding carboxylic acids is 3. The van der Waals surface area contributed by atoms with Gasteiger partial charge >= 0.3 is 6.03 Å². The molecule has 1 aliphatic heterocycles. The maximum absolute atomic E-state index is 14.7. The fourth-order valence-electron chi connectivity index (χ4n) is 4.33. The minimum Gasteiger partial charge on any atom is -0.357 e. The zero-order valence-electron chi connectivity index (χ0n) is 18.1. The number of fused-ring (bicyclic) bond motifs is 1. The van der Waals surface area contributed by atoms with Crippen LogP contribution in [-0.4, -0.2) is 57.5 Å². The number of hydrogen-bond donors (Lipinski definition) is 1. The third-order valence-corrected chi connectivity index (χ3v) is 6.07. The number of nitrogens with zero attached hydrogens (tertiary/aromatic N) is 2. The highest BCUT2D eigenvalue weighted by Crippen LogP contribution is 2.29. The molecule has 0 spiro atoms. The normalized spacial score (nSPS) is 20.0. The zero-order chi connectivity index (χ0) is 24.6. The molecule has 0 bridgehead atoms. The molecule has 1 aromatic heterocycles. The molecule has 3 aromatic rings. The van der Waals surface area contributed by atoms with Gasteiger partial charge in [0.15, 0.2) is 23.9 Å². The van der Waals surface area contributed by atoms with Crippen molar-refractivity contribution in [3.05, 3.63) is 70.4 Å². The first-order chi connectivity index (χ1) is 16.2. The van der Waals surface area contributed by atoms with Crippen molar-refractivity contribution >= 4 is 40.1 Å². The van der Waals surface area contributed by atoms with Gasteiger partial charge in [-0.3, -0.25) is 9.59 Å². The van der Waals surface area contributed by atoms with E-state index in [1.54, 1.807) is 36.4 Å². The van der Waals surface area contributed by atoms with Crippen LogP contribution in [0.1, 0.15) is 28.5 Å². The number of aromatic amines is 1. The van der Waals surface area contributed by atoms with E-state index in [0.29, 0.717) is 26.4 Å². The standard InChI is InChI=1S/C24H21ClF3N3O3/c1-13(32)21-16-7-2-3-8-18(16)29-19(21)10-20(33)23-22(27)17(26)12-30(23)24(34)31(28)11-14-5-4-6-15(25)9-14/h2-9,17,22-23,29H,10-12H2,1H3/t17-,22+,23+/m0/s1. The van der Waals surface area contributed by atoms with Crippen LogP contribution in [0, 0.1) is 0 Å². The molecule has 0 unspecified atom stereocenters. The second kappa shape index (κ2) is 9.50. The van der Waals surface area contributed by atoms with Gasteiger partial charge in [0.25, 0.3) is 0 Å². The van der Waals surface area contributed by atoms with Crippen LogP contribution >= 0.6 is 11.6 Å². The number of carbonyl (C=O) groups is 3. The SMILES string of the molecule is CC(=O)c1c(CC(=O)[C@@H]2[C@H](F)[C@@H](F)CN2C(=O)N(F)Cc2cccc(Cl)c2)[nH]c2ccccc12. The number of para-hydroxylation sites is 1. The summed E-state index contributed by atoms with van der Waals surface area (Å²) >= 11 is 5.87. The van der Waals surface area contributed by atoms with Crippen molar-refractivity contribution in [1.29, 1.82) is 0 Å². The number of urea groups is 1. The summed E-state index contributed by atoms with van der Waals surface area (Å²) in [5.74, 6) is -1.15. The fourth-order valence-corrected chi connectivity index (χ4v) is 4.55. The predicted molar refractivity (Wildman–Crippen MR) is 121 cm³/mol. The van der Waals surface area contributed by atoms with Gasteiger partial charge in [0, 0.05) is 33.6 Å². The smallest absolute Gasteiger partial charge is 0.349 e. The summed E-state index contributed by atoms with van der Waals surface area (Å²) in [6, 6.07) is 9.86. The number of aromatic nitrogens is 1. The van der Waals surface area contributed by atoms with Crippen LogP contribution in [0.3, 0.4) is 0 Å². The molecule has 3 atom stereocenters. The number of rotatable bonds is 6. The lowest BCUT2D eigenvalue weighted by Gasteiger charge is -2.26. The summed E-state index contributed by atoms with van der Waals surface area (Å²) in [6.45, 7) is 0.0568. The van der Waals surface area contributed by atoms with E-state index in [9.17, 15) is 27.6 Å². The van der Waals surface area contributed by atoms with Gasteiger partial charge < -0.3 is 9.88 Å². The Labute approximate surface area is 198 Å². The lowest BCUT2D eigenvalue weighted by atomic mass is 9.99. The molecule has 2 heterocycles. The number of likely N-dealkylation sites (tertiary alicyclic amines) is 1. The Morgan fingerprint density at radius 2 is 1.88 bits per heavy atom. The lowest BCUT2D eigenvalue weighted by molar-refractivity contribution is -0.124. The number of benzene rings is 2. The molecule has 4 rings (SSSR count). The maximum Gasteiger partial charge on any atom is 0.349 e. The molecule has 0 aliphatic carbocycles. The van der Waals surface area contributed by atoms with Gasteiger partial charge in [0.2, 0.25) is 0 Å². The maximum atomic E-state index is 14.7. The minimum atomic E-state index is -2.32. The third kappa shape index (κ3) is 4.52. The Balaban J connectivity index is 1.57. The van der Waals surface area contributed by atoms with E-state index < -0.39 is 49.7 Å². The Morgan fingerprint density at radius 1 is 1.15 bits per heavy atom. The van der Waals surface area contributed by atoms with Crippen LogP contribution in [0.4, 0.5) is 18.1 Å². The average molecular weight is 492 g/mol. The molecule has 10 heteroatoms. The Hall–Kier alpha value is -3.33. The topological polar surface area (TPSA) is 73.5 Å². The lowest BCUT2D eigenvalue weighted by Crippen LogP contribution is -2.48. The van der Waals surface area contributed by atoms with Crippen LogP contribution in [-0.2, 0) is 17.8 Å². The summed E-state index contributed by atoms with van der Waals surface area (Å²) in [6.07, 6.45) is -4.92. The Bertz CT molecular complexity index is 1260. The van der Waals surface area contributed by atoms with Crippen LogP contribution in [0.25, 0.3) is 10.9 Å². The molecule has 1 aliphatic rings. The first-order valence-electron chi connectivity index (χ1n) is 10.6. The van der Waals surface area contributed by atoms with Crippen LogP contribution in [0.2, 0.25) is 5.02 Å². The number of amides is 2. The van der Waals surface area contributed by atoms with Gasteiger partial charge in [-0.1, -0.05) is 46.4 Å². The molecule has 2 aromatic carbocycles. The molecule has 34 heavy (non-hydrogen) atoms. The molecule has 0 saturated carbocycles. The number of ketones is 2. The van der Waals surface area contributed by atoms with E-state index in [0.717, 1.165) is 0 Å². The number of Topliss-reactive ketones (excluding diaryl/α,β-unsaturated/α-hetero) is 2. The average Bonchev–Trinajstić information content (AvgIpc) is 3.29. The molecule has 1 N–H and O–H groups in total. The number of halogens is 4. The molecule has 1 fully saturated rings. The highest BCUT2D eigenvalue weighted by Gasteiger charge is 2.50. The van der Waals surface area contributed by atoms with Crippen LogP contribution in [0.5, 0.6) is 0 Å². The molecule has 6 nitrogen and oxygen atoms in total. The second-order valence-corrected chi connectivity index (χ2v) is 8.65. The molecule has 2 amide bonds. The zero-order valence-corrected chi connectivity index (χ0v) is 18.9. The van der Waals surface area contributed by atoms with E-state index >= 15 is 0 Å². The van der Waals surface area contributed by atoms with Crippen molar-refractivity contribution < 1.29 is 27.6 Å².